The maximum Gasteiger partial charge on any atom is 0.248 e. The number of hydrogen-bond donors (Lipinski definition) is 1. The molecule has 0 bridgehead atoms. The van der Waals surface area contributed by atoms with Gasteiger partial charge in [0.15, 0.2) is 0 Å². The van der Waals surface area contributed by atoms with E-state index >= 15 is 0 Å². The van der Waals surface area contributed by atoms with Crippen molar-refractivity contribution in [3.8, 4) is 0 Å². The number of morpholine rings is 1. The van der Waals surface area contributed by atoms with Gasteiger partial charge in [0.2, 0.25) is 5.91 Å². The highest BCUT2D eigenvalue weighted by molar-refractivity contribution is 5.77. The van der Waals surface area contributed by atoms with Crippen LogP contribution < -0.4 is 5.32 Å². The van der Waals surface area contributed by atoms with E-state index in [1.807, 2.05) is 14.0 Å². The van der Waals surface area contributed by atoms with Crippen molar-refractivity contribution in [1.82, 2.24) is 10.2 Å². The molecule has 0 aromatic carbocycles. The maximum atomic E-state index is 11.6. The lowest BCUT2D eigenvalue weighted by Gasteiger charge is -2.27. The Balaban J connectivity index is 2.16. The fraction of sp³-hybridized carbons (Fsp3) is 0.900. The second-order valence-corrected chi connectivity index (χ2v) is 3.67. The molecule has 1 aliphatic rings. The molecule has 1 unspecified atom stereocenters. The Morgan fingerprint density at radius 2 is 2.20 bits per heavy atom. The third kappa shape index (κ3) is 4.59. The molecule has 0 aliphatic carbocycles. The number of ether oxygens (including phenoxy) is 2. The Morgan fingerprint density at radius 3 is 2.80 bits per heavy atom. The number of carbonyl (C=O) groups is 1. The Bertz CT molecular complexity index is 193. The summed E-state index contributed by atoms with van der Waals surface area (Å²) in [6.45, 7) is 5.52. The first kappa shape index (κ1) is 12.4. The van der Waals surface area contributed by atoms with Crippen molar-refractivity contribution in [2.45, 2.75) is 13.0 Å². The van der Waals surface area contributed by atoms with Gasteiger partial charge in [-0.15, -0.1) is 0 Å². The van der Waals surface area contributed by atoms with Gasteiger partial charge in [-0.1, -0.05) is 0 Å². The van der Waals surface area contributed by atoms with Crippen LogP contribution in [0.15, 0.2) is 0 Å². The maximum absolute atomic E-state index is 11.6. The van der Waals surface area contributed by atoms with Crippen molar-refractivity contribution in [3.63, 3.8) is 0 Å². The largest absolute Gasteiger partial charge is 0.378 e. The summed E-state index contributed by atoms with van der Waals surface area (Å²) in [5.41, 5.74) is 0. The van der Waals surface area contributed by atoms with E-state index in [0.29, 0.717) is 26.3 Å². The quantitative estimate of drug-likeness (QED) is 0.671. The topological polar surface area (TPSA) is 50.8 Å². The molecule has 1 heterocycles. The Morgan fingerprint density at radius 1 is 1.53 bits per heavy atom. The second kappa shape index (κ2) is 6.76. The summed E-state index contributed by atoms with van der Waals surface area (Å²) in [6, 6.07) is 0. The van der Waals surface area contributed by atoms with Crippen LogP contribution in [-0.2, 0) is 14.3 Å². The van der Waals surface area contributed by atoms with E-state index in [1.54, 1.807) is 4.90 Å². The molecule has 0 radical (unpaired) electrons. The normalized spacial score (nSPS) is 18.9. The molecule has 1 aliphatic heterocycles. The van der Waals surface area contributed by atoms with Gasteiger partial charge < -0.3 is 19.7 Å². The van der Waals surface area contributed by atoms with Gasteiger partial charge in [0, 0.05) is 19.6 Å². The summed E-state index contributed by atoms with van der Waals surface area (Å²) in [5.74, 6) is 0.0567. The van der Waals surface area contributed by atoms with Crippen molar-refractivity contribution in [2.24, 2.45) is 0 Å². The number of amides is 1. The van der Waals surface area contributed by atoms with Crippen molar-refractivity contribution < 1.29 is 14.3 Å². The summed E-state index contributed by atoms with van der Waals surface area (Å²) in [5, 5.41) is 3.00. The summed E-state index contributed by atoms with van der Waals surface area (Å²) in [7, 11) is 1.86. The Hall–Kier alpha value is -0.650. The van der Waals surface area contributed by atoms with Crippen molar-refractivity contribution in [2.75, 3.05) is 46.5 Å². The molecule has 0 saturated carbocycles. The van der Waals surface area contributed by atoms with E-state index in [0.717, 1.165) is 6.54 Å². The fourth-order valence-corrected chi connectivity index (χ4v) is 1.46. The number of nitrogens with zero attached hydrogens (tertiary/aromatic N) is 1. The smallest absolute Gasteiger partial charge is 0.248 e. The van der Waals surface area contributed by atoms with Gasteiger partial charge in [-0.3, -0.25) is 4.79 Å². The molecule has 1 fully saturated rings. The minimum Gasteiger partial charge on any atom is -0.378 e. The lowest BCUT2D eigenvalue weighted by atomic mass is 10.4. The number of hydrogen-bond acceptors (Lipinski definition) is 4. The molecule has 0 spiro atoms. The predicted molar refractivity (Wildman–Crippen MR) is 56.7 cm³/mol. The van der Waals surface area contributed by atoms with Crippen LogP contribution >= 0.6 is 0 Å². The van der Waals surface area contributed by atoms with Crippen LogP contribution in [-0.4, -0.2) is 63.4 Å². The van der Waals surface area contributed by atoms with Crippen molar-refractivity contribution >= 4 is 5.91 Å². The van der Waals surface area contributed by atoms with Gasteiger partial charge in [0.1, 0.15) is 6.61 Å². The molecule has 1 atom stereocenters. The molecule has 5 heteroatoms. The molecule has 1 saturated heterocycles. The highest BCUT2D eigenvalue weighted by Crippen LogP contribution is 1.99. The number of nitrogens with one attached hydrogen (secondary N) is 1. The van der Waals surface area contributed by atoms with Gasteiger partial charge in [0.25, 0.3) is 0 Å². The van der Waals surface area contributed by atoms with Crippen LogP contribution in [0.4, 0.5) is 0 Å². The zero-order valence-corrected chi connectivity index (χ0v) is 9.49. The number of carbonyl (C=O) groups excluding carboxylic acids is 1. The number of rotatable bonds is 5. The zero-order chi connectivity index (χ0) is 11.1. The van der Waals surface area contributed by atoms with Crippen molar-refractivity contribution in [1.29, 1.82) is 0 Å². The first-order valence-corrected chi connectivity index (χ1v) is 5.35. The third-order valence-corrected chi connectivity index (χ3v) is 2.35. The zero-order valence-electron chi connectivity index (χ0n) is 9.49. The monoisotopic (exact) mass is 216 g/mol. The minimum atomic E-state index is 0.0567. The van der Waals surface area contributed by atoms with E-state index in [9.17, 15) is 4.79 Å². The minimum absolute atomic E-state index is 0.0567. The van der Waals surface area contributed by atoms with Gasteiger partial charge >= 0.3 is 0 Å². The second-order valence-electron chi connectivity index (χ2n) is 3.67. The average molecular weight is 216 g/mol. The summed E-state index contributed by atoms with van der Waals surface area (Å²) in [4.78, 5) is 13.4. The fourth-order valence-electron chi connectivity index (χ4n) is 1.46. The van der Waals surface area contributed by atoms with Crippen LogP contribution in [0.5, 0.6) is 0 Å². The van der Waals surface area contributed by atoms with E-state index < -0.39 is 0 Å². The van der Waals surface area contributed by atoms with Crippen LogP contribution in [0.2, 0.25) is 0 Å². The highest BCUT2D eigenvalue weighted by Gasteiger charge is 2.17. The van der Waals surface area contributed by atoms with Gasteiger partial charge in [-0.25, -0.2) is 0 Å². The molecule has 0 aromatic rings. The molecular formula is C10H20N2O3. The van der Waals surface area contributed by atoms with Gasteiger partial charge in [-0.2, -0.15) is 0 Å². The van der Waals surface area contributed by atoms with Crippen molar-refractivity contribution in [3.05, 3.63) is 0 Å². The molecule has 1 rings (SSSR count). The average Bonchev–Trinajstić information content (AvgIpc) is 2.27. The molecule has 5 nitrogen and oxygen atoms in total. The Labute approximate surface area is 90.7 Å². The highest BCUT2D eigenvalue weighted by atomic mass is 16.5. The predicted octanol–water partition coefficient (Wildman–Crippen LogP) is -0.530. The molecular weight excluding hydrogens is 196 g/mol. The molecule has 88 valence electrons. The Kier molecular flexibility index (Phi) is 5.60. The van der Waals surface area contributed by atoms with Crippen LogP contribution in [0, 0.1) is 0 Å². The third-order valence-electron chi connectivity index (χ3n) is 2.35. The summed E-state index contributed by atoms with van der Waals surface area (Å²) >= 11 is 0. The van der Waals surface area contributed by atoms with Crippen LogP contribution in [0.25, 0.3) is 0 Å². The van der Waals surface area contributed by atoms with Crippen LogP contribution in [0.3, 0.4) is 0 Å². The lowest BCUT2D eigenvalue weighted by Crippen LogP contribution is -2.43. The van der Waals surface area contributed by atoms with Gasteiger partial charge in [-0.05, 0) is 14.0 Å². The van der Waals surface area contributed by atoms with E-state index in [2.05, 4.69) is 5.32 Å². The molecule has 1 N–H and O–H groups in total. The first-order chi connectivity index (χ1) is 7.24. The lowest BCUT2D eigenvalue weighted by molar-refractivity contribution is -0.141. The van der Waals surface area contributed by atoms with E-state index in [-0.39, 0.29) is 18.6 Å². The molecule has 1 amide bonds. The van der Waals surface area contributed by atoms with Gasteiger partial charge in [0.05, 0.1) is 19.3 Å². The van der Waals surface area contributed by atoms with E-state index in [4.69, 9.17) is 9.47 Å². The van der Waals surface area contributed by atoms with E-state index in [1.165, 1.54) is 0 Å². The summed E-state index contributed by atoms with van der Waals surface area (Å²) < 4.78 is 10.6. The van der Waals surface area contributed by atoms with Crippen LogP contribution in [0.1, 0.15) is 6.92 Å². The summed E-state index contributed by atoms with van der Waals surface area (Å²) in [6.07, 6.45) is 0.0694. The SMILES string of the molecule is CNCC(C)OCC(=O)N1CCOCC1. The molecule has 15 heavy (non-hydrogen) atoms. The first-order valence-electron chi connectivity index (χ1n) is 5.35. The standard InChI is InChI=1S/C10H20N2O3/c1-9(7-11-2)15-8-10(13)12-3-5-14-6-4-12/h9,11H,3-8H2,1-2H3. The molecule has 0 aromatic heterocycles. The number of likely N-dealkylation sites (N-methyl/N-ethyl adjacent to an activating group) is 1.